The average molecular weight is 419 g/mol. The molecule has 5 nitrogen and oxygen atoms in total. The molecule has 2 bridgehead atoms. The molecule has 2 N–H and O–H groups in total. The van der Waals surface area contributed by atoms with E-state index in [2.05, 4.69) is 0 Å². The lowest BCUT2D eigenvalue weighted by molar-refractivity contribution is -0.258. The van der Waals surface area contributed by atoms with E-state index in [9.17, 15) is 10.2 Å². The molecule has 4 atom stereocenters. The van der Waals surface area contributed by atoms with Crippen LogP contribution in [0.15, 0.2) is 42.5 Å². The van der Waals surface area contributed by atoms with Crippen molar-refractivity contribution in [3.05, 3.63) is 64.2 Å². The van der Waals surface area contributed by atoms with Crippen LogP contribution in [-0.4, -0.2) is 41.2 Å². The van der Waals surface area contributed by atoms with Crippen LogP contribution in [0.4, 0.5) is 0 Å². The number of aliphatic hydroxyl groups is 2. The molecule has 2 heterocycles. The fraction of sp³-hybridized carbons (Fsp3) is 0.478. The first-order valence-electron chi connectivity index (χ1n) is 10.1. The highest BCUT2D eigenvalue weighted by Gasteiger charge is 2.59. The topological polar surface area (TPSA) is 68.2 Å². The Morgan fingerprint density at radius 3 is 2.66 bits per heavy atom. The van der Waals surface area contributed by atoms with Crippen LogP contribution in [0.5, 0.6) is 5.75 Å². The summed E-state index contributed by atoms with van der Waals surface area (Å²) in [4.78, 5) is 0. The van der Waals surface area contributed by atoms with E-state index in [1.165, 1.54) is 0 Å². The van der Waals surface area contributed by atoms with Crippen molar-refractivity contribution < 1.29 is 24.4 Å². The van der Waals surface area contributed by atoms with Gasteiger partial charge in [0.05, 0.1) is 25.4 Å². The van der Waals surface area contributed by atoms with Crippen molar-refractivity contribution >= 4 is 11.6 Å². The van der Waals surface area contributed by atoms with Crippen LogP contribution in [0.25, 0.3) is 0 Å². The molecule has 0 amide bonds. The minimum Gasteiger partial charge on any atom is -0.494 e. The highest BCUT2D eigenvalue weighted by molar-refractivity contribution is 6.31. The lowest BCUT2D eigenvalue weighted by atomic mass is 9.85. The Kier molecular flexibility index (Phi) is 5.62. The van der Waals surface area contributed by atoms with Crippen LogP contribution in [0.3, 0.4) is 0 Å². The van der Waals surface area contributed by atoms with Gasteiger partial charge in [-0.1, -0.05) is 29.8 Å². The van der Waals surface area contributed by atoms with E-state index in [-0.39, 0.29) is 6.61 Å². The summed E-state index contributed by atoms with van der Waals surface area (Å²) in [5.74, 6) is -0.222. The van der Waals surface area contributed by atoms with Crippen LogP contribution < -0.4 is 4.74 Å². The maximum atomic E-state index is 10.5. The van der Waals surface area contributed by atoms with Crippen molar-refractivity contribution in [2.24, 2.45) is 0 Å². The quantitative estimate of drug-likeness (QED) is 0.746. The Hall–Kier alpha value is -1.63. The molecule has 6 heteroatoms. The molecule has 156 valence electrons. The SMILES string of the molecule is CCOc1ccc(Cc2cc([C@]34CC(O)C[C@](C(C)O)(CO3)O4)ccc2Cl)cc1. The summed E-state index contributed by atoms with van der Waals surface area (Å²) in [6.45, 7) is 4.52. The molecule has 0 aliphatic carbocycles. The van der Waals surface area contributed by atoms with Gasteiger partial charge in [0.2, 0.25) is 0 Å². The summed E-state index contributed by atoms with van der Waals surface area (Å²) in [5.41, 5.74) is 1.99. The molecule has 0 radical (unpaired) electrons. The van der Waals surface area contributed by atoms with E-state index in [1.54, 1.807) is 6.92 Å². The number of hydrogen-bond acceptors (Lipinski definition) is 5. The molecule has 2 fully saturated rings. The minimum atomic E-state index is -1.06. The van der Waals surface area contributed by atoms with Crippen LogP contribution in [0.1, 0.15) is 43.4 Å². The monoisotopic (exact) mass is 418 g/mol. The van der Waals surface area contributed by atoms with E-state index in [0.717, 1.165) is 22.4 Å². The van der Waals surface area contributed by atoms with Gasteiger partial charge in [-0.15, -0.1) is 0 Å². The summed E-state index contributed by atoms with van der Waals surface area (Å²) >= 11 is 6.48. The maximum absolute atomic E-state index is 10.5. The summed E-state index contributed by atoms with van der Waals surface area (Å²) in [6.07, 6.45) is -0.00906. The first-order valence-corrected chi connectivity index (χ1v) is 10.4. The normalized spacial score (nSPS) is 29.6. The average Bonchev–Trinajstić information content (AvgIpc) is 2.98. The van der Waals surface area contributed by atoms with Crippen LogP contribution in [0.2, 0.25) is 5.02 Å². The molecule has 2 aliphatic heterocycles. The van der Waals surface area contributed by atoms with Crippen molar-refractivity contribution in [3.63, 3.8) is 0 Å². The third-order valence-electron chi connectivity index (χ3n) is 5.88. The van der Waals surface area contributed by atoms with Crippen molar-refractivity contribution in [2.45, 2.75) is 56.7 Å². The van der Waals surface area contributed by atoms with Gasteiger partial charge in [0.15, 0.2) is 5.79 Å². The third kappa shape index (κ3) is 3.90. The Morgan fingerprint density at radius 1 is 1.21 bits per heavy atom. The van der Waals surface area contributed by atoms with Crippen molar-refractivity contribution in [3.8, 4) is 5.75 Å². The van der Waals surface area contributed by atoms with Crippen molar-refractivity contribution in [1.29, 1.82) is 0 Å². The second kappa shape index (κ2) is 7.89. The van der Waals surface area contributed by atoms with E-state index in [1.807, 2.05) is 49.4 Å². The summed E-state index contributed by atoms with van der Waals surface area (Å²) in [5, 5.41) is 21.4. The summed E-state index contributed by atoms with van der Waals surface area (Å²) < 4.78 is 17.9. The Morgan fingerprint density at radius 2 is 1.97 bits per heavy atom. The first-order chi connectivity index (χ1) is 13.9. The van der Waals surface area contributed by atoms with Crippen molar-refractivity contribution in [1.82, 2.24) is 0 Å². The van der Waals surface area contributed by atoms with Gasteiger partial charge in [-0.05, 0) is 55.7 Å². The number of rotatable bonds is 6. The van der Waals surface area contributed by atoms with Crippen LogP contribution >= 0.6 is 11.6 Å². The molecule has 0 aromatic heterocycles. The molecular formula is C23H27ClO5. The molecule has 2 saturated heterocycles. The molecule has 2 aromatic carbocycles. The van der Waals surface area contributed by atoms with Gasteiger partial charge in [0.1, 0.15) is 11.4 Å². The second-order valence-corrected chi connectivity index (χ2v) is 8.41. The fourth-order valence-electron chi connectivity index (χ4n) is 4.28. The zero-order valence-electron chi connectivity index (χ0n) is 16.7. The molecule has 2 aliphatic rings. The number of fused-ring (bicyclic) bond motifs is 2. The number of benzene rings is 2. The zero-order chi connectivity index (χ0) is 20.6. The van der Waals surface area contributed by atoms with E-state index < -0.39 is 23.6 Å². The standard InChI is InChI=1S/C23H27ClO5/c1-3-27-20-7-4-16(5-8-20)10-17-11-18(6-9-21(17)24)23-13-19(26)12-22(29-23,14-28-23)15(2)25/h4-9,11,15,19,25-26H,3,10,12-14H2,1-2H3/t15?,19?,22-,23-/m1/s1. The van der Waals surface area contributed by atoms with Gasteiger partial charge in [-0.2, -0.15) is 0 Å². The van der Waals surface area contributed by atoms with E-state index >= 15 is 0 Å². The highest BCUT2D eigenvalue weighted by atomic mass is 35.5. The second-order valence-electron chi connectivity index (χ2n) is 8.01. The smallest absolute Gasteiger partial charge is 0.198 e. The number of halogens is 1. The Bertz CT molecular complexity index is 868. The van der Waals surface area contributed by atoms with E-state index in [4.69, 9.17) is 25.8 Å². The molecule has 0 spiro atoms. The predicted octanol–water partition coefficient (Wildman–Crippen LogP) is 3.80. The number of hydrogen-bond donors (Lipinski definition) is 2. The van der Waals surface area contributed by atoms with Crippen molar-refractivity contribution in [2.75, 3.05) is 13.2 Å². The zero-order valence-corrected chi connectivity index (χ0v) is 17.5. The van der Waals surface area contributed by atoms with E-state index in [0.29, 0.717) is 30.9 Å². The molecule has 2 unspecified atom stereocenters. The summed E-state index contributed by atoms with van der Waals surface area (Å²) in [6, 6.07) is 13.6. The lowest BCUT2D eigenvalue weighted by Gasteiger charge is -2.41. The number of ether oxygens (including phenoxy) is 3. The molecular weight excluding hydrogens is 392 g/mol. The third-order valence-corrected chi connectivity index (χ3v) is 6.25. The Balaban J connectivity index is 1.61. The molecule has 2 aromatic rings. The van der Waals surface area contributed by atoms with Crippen LogP contribution in [0, 0.1) is 0 Å². The van der Waals surface area contributed by atoms with Gasteiger partial charge in [0.25, 0.3) is 0 Å². The minimum absolute atomic E-state index is 0.249. The molecule has 4 rings (SSSR count). The molecule has 29 heavy (non-hydrogen) atoms. The van der Waals surface area contributed by atoms with Crippen LogP contribution in [-0.2, 0) is 21.7 Å². The number of aliphatic hydroxyl groups excluding tert-OH is 2. The highest BCUT2D eigenvalue weighted by Crippen LogP contribution is 2.50. The fourth-order valence-corrected chi connectivity index (χ4v) is 4.47. The Labute approximate surface area is 176 Å². The maximum Gasteiger partial charge on any atom is 0.198 e. The molecule has 0 saturated carbocycles. The van der Waals surface area contributed by atoms with Gasteiger partial charge in [0, 0.05) is 23.4 Å². The van der Waals surface area contributed by atoms with Gasteiger partial charge >= 0.3 is 0 Å². The first kappa shape index (κ1) is 20.6. The summed E-state index contributed by atoms with van der Waals surface area (Å²) in [7, 11) is 0. The van der Waals surface area contributed by atoms with Gasteiger partial charge in [-0.3, -0.25) is 0 Å². The lowest BCUT2D eigenvalue weighted by Crippen LogP contribution is -2.51. The largest absolute Gasteiger partial charge is 0.494 e. The van der Waals surface area contributed by atoms with Gasteiger partial charge in [-0.25, -0.2) is 0 Å². The van der Waals surface area contributed by atoms with Gasteiger partial charge < -0.3 is 24.4 Å². The predicted molar refractivity (Wildman–Crippen MR) is 110 cm³/mol.